The molecule has 7 heteroatoms. The predicted molar refractivity (Wildman–Crippen MR) is 117 cm³/mol. The molecule has 0 aliphatic carbocycles. The molecule has 162 valence electrons. The van der Waals surface area contributed by atoms with Crippen LogP contribution in [-0.4, -0.2) is 46.8 Å². The summed E-state index contributed by atoms with van der Waals surface area (Å²) >= 11 is 0. The van der Waals surface area contributed by atoms with Crippen molar-refractivity contribution in [3.8, 4) is 17.6 Å². The maximum atomic E-state index is 11.9. The van der Waals surface area contributed by atoms with Gasteiger partial charge in [0.25, 0.3) is 0 Å². The van der Waals surface area contributed by atoms with Crippen molar-refractivity contribution in [3.63, 3.8) is 0 Å². The minimum absolute atomic E-state index is 0.0731. The number of hydrogen-bond donors (Lipinski definition) is 2. The second-order valence-corrected chi connectivity index (χ2v) is 7.65. The molecule has 1 atom stereocenters. The molecule has 1 aromatic heterocycles. The van der Waals surface area contributed by atoms with E-state index < -0.39 is 18.0 Å². The summed E-state index contributed by atoms with van der Waals surface area (Å²) in [7, 11) is 0. The number of carbonyl (C=O) groups is 2. The minimum atomic E-state index is -1.22. The van der Waals surface area contributed by atoms with Crippen LogP contribution < -0.4 is 10.1 Å². The largest absolute Gasteiger partial charge is 0.488 e. The molecule has 2 rings (SSSR count). The normalized spacial score (nSPS) is 12.0. The fraction of sp³-hybridized carbons (Fsp3) is 0.292. The number of ether oxygens (including phenoxy) is 2. The third kappa shape index (κ3) is 9.61. The third-order valence-corrected chi connectivity index (χ3v) is 3.84. The maximum absolute atomic E-state index is 11.9. The van der Waals surface area contributed by atoms with E-state index in [1.165, 1.54) is 0 Å². The molecule has 0 spiro atoms. The Kier molecular flexibility index (Phi) is 8.79. The second-order valence-electron chi connectivity index (χ2n) is 7.65. The molecule has 0 saturated carbocycles. The smallest absolute Gasteiger partial charge is 0.331 e. The number of hydrogen-bond acceptors (Lipinski definition) is 6. The number of esters is 1. The molecule has 0 aliphatic rings. The molecule has 0 amide bonds. The van der Waals surface area contributed by atoms with Gasteiger partial charge in [0.15, 0.2) is 0 Å². The van der Waals surface area contributed by atoms with Gasteiger partial charge in [-0.2, -0.15) is 0 Å². The molecule has 7 nitrogen and oxygen atoms in total. The summed E-state index contributed by atoms with van der Waals surface area (Å²) in [6.07, 6.45) is 4.33. The number of benzene rings is 1. The molecule has 0 aliphatic heterocycles. The van der Waals surface area contributed by atoms with Crippen molar-refractivity contribution in [1.29, 1.82) is 0 Å². The number of para-hydroxylation sites is 1. The average molecular weight is 422 g/mol. The van der Waals surface area contributed by atoms with E-state index in [9.17, 15) is 9.59 Å². The summed E-state index contributed by atoms with van der Waals surface area (Å²) in [6.45, 7) is 6.37. The van der Waals surface area contributed by atoms with Crippen LogP contribution in [0.15, 0.2) is 60.9 Å². The lowest BCUT2D eigenvalue weighted by atomic mass is 10.1. The van der Waals surface area contributed by atoms with E-state index in [1.807, 2.05) is 51.1 Å². The van der Waals surface area contributed by atoms with Crippen LogP contribution in [0.4, 0.5) is 0 Å². The van der Waals surface area contributed by atoms with Gasteiger partial charge in [0.1, 0.15) is 18.5 Å². The highest BCUT2D eigenvalue weighted by Gasteiger charge is 2.18. The zero-order valence-corrected chi connectivity index (χ0v) is 17.8. The highest BCUT2D eigenvalue weighted by Crippen LogP contribution is 2.17. The van der Waals surface area contributed by atoms with Crippen LogP contribution in [0.1, 0.15) is 31.9 Å². The van der Waals surface area contributed by atoms with Crippen LogP contribution >= 0.6 is 0 Å². The molecular formula is C24H26N2O5. The molecule has 0 saturated heterocycles. The Balaban J connectivity index is 2.10. The van der Waals surface area contributed by atoms with Gasteiger partial charge in [0.2, 0.25) is 0 Å². The van der Waals surface area contributed by atoms with Gasteiger partial charge in [-0.25, -0.2) is 9.59 Å². The van der Waals surface area contributed by atoms with E-state index in [4.69, 9.17) is 14.6 Å². The lowest BCUT2D eigenvalue weighted by Crippen LogP contribution is -2.44. The van der Waals surface area contributed by atoms with E-state index in [0.717, 1.165) is 17.7 Å². The van der Waals surface area contributed by atoms with Gasteiger partial charge in [-0.05, 0) is 45.0 Å². The van der Waals surface area contributed by atoms with Crippen molar-refractivity contribution >= 4 is 11.9 Å². The number of pyridine rings is 1. The third-order valence-electron chi connectivity index (χ3n) is 3.84. The van der Waals surface area contributed by atoms with Crippen molar-refractivity contribution < 1.29 is 24.2 Å². The number of carbonyl (C=O) groups excluding carboxylic acids is 1. The Labute approximate surface area is 182 Å². The van der Waals surface area contributed by atoms with Crippen molar-refractivity contribution in [2.45, 2.75) is 32.4 Å². The fourth-order valence-corrected chi connectivity index (χ4v) is 2.35. The first kappa shape index (κ1) is 23.6. The Morgan fingerprint density at radius 1 is 1.13 bits per heavy atom. The fourth-order valence-electron chi connectivity index (χ4n) is 2.35. The number of aromatic nitrogens is 1. The molecule has 2 aromatic rings. The maximum Gasteiger partial charge on any atom is 0.331 e. The Hall–Kier alpha value is -3.63. The quantitative estimate of drug-likeness (QED) is 0.383. The van der Waals surface area contributed by atoms with E-state index >= 15 is 0 Å². The zero-order chi connectivity index (χ0) is 22.7. The van der Waals surface area contributed by atoms with Crippen LogP contribution in [0, 0.1) is 11.8 Å². The van der Waals surface area contributed by atoms with Crippen LogP contribution in [0.2, 0.25) is 0 Å². The first-order chi connectivity index (χ1) is 14.7. The average Bonchev–Trinajstić information content (AvgIpc) is 2.73. The van der Waals surface area contributed by atoms with Crippen molar-refractivity contribution in [3.05, 3.63) is 72.1 Å². The summed E-state index contributed by atoms with van der Waals surface area (Å²) in [5.41, 5.74) is 1.32. The predicted octanol–water partition coefficient (Wildman–Crippen LogP) is 2.80. The first-order valence-electron chi connectivity index (χ1n) is 9.73. The molecule has 0 fully saturated rings. The summed E-state index contributed by atoms with van der Waals surface area (Å²) in [5, 5.41) is 11.9. The Morgan fingerprint density at radius 2 is 1.84 bits per heavy atom. The van der Waals surface area contributed by atoms with Crippen LogP contribution in [0.3, 0.4) is 0 Å². The number of nitrogens with zero attached hydrogens (tertiary/aromatic N) is 1. The standard InChI is InChI=1S/C24H26N2O5/c1-24(2,3)26-16-20(31-23(29)11-10-22(27)28)17-30-21-7-5-4-6-19(21)9-8-18-12-14-25-15-13-18/h4-7,10-15,20,26H,16-17H2,1-3H3,(H,27,28). The second kappa shape index (κ2) is 11.5. The molecule has 1 aromatic carbocycles. The summed E-state index contributed by atoms with van der Waals surface area (Å²) in [4.78, 5) is 26.5. The summed E-state index contributed by atoms with van der Waals surface area (Å²) in [6, 6.07) is 10.9. The van der Waals surface area contributed by atoms with Crippen molar-refractivity contribution in [1.82, 2.24) is 10.3 Å². The lowest BCUT2D eigenvalue weighted by molar-refractivity contribution is -0.145. The topological polar surface area (TPSA) is 97.8 Å². The zero-order valence-electron chi connectivity index (χ0n) is 17.8. The number of rotatable bonds is 8. The van der Waals surface area contributed by atoms with E-state index in [1.54, 1.807) is 18.5 Å². The SMILES string of the molecule is CC(C)(C)NCC(COc1ccccc1C#Cc1ccncc1)OC(=O)C=CC(=O)O. The van der Waals surface area contributed by atoms with Crippen LogP contribution in [-0.2, 0) is 14.3 Å². The molecule has 1 unspecified atom stereocenters. The molecule has 31 heavy (non-hydrogen) atoms. The Morgan fingerprint density at radius 3 is 2.52 bits per heavy atom. The minimum Gasteiger partial charge on any atom is -0.488 e. The first-order valence-corrected chi connectivity index (χ1v) is 9.73. The lowest BCUT2D eigenvalue weighted by Gasteiger charge is -2.25. The molecule has 0 radical (unpaired) electrons. The molecule has 2 N–H and O–H groups in total. The van der Waals surface area contributed by atoms with Crippen molar-refractivity contribution in [2.24, 2.45) is 0 Å². The van der Waals surface area contributed by atoms with Gasteiger partial charge in [0.05, 0.1) is 5.56 Å². The van der Waals surface area contributed by atoms with Gasteiger partial charge in [-0.1, -0.05) is 24.0 Å². The highest BCUT2D eigenvalue weighted by molar-refractivity contribution is 5.90. The van der Waals surface area contributed by atoms with Crippen LogP contribution in [0.25, 0.3) is 0 Å². The molecule has 0 bridgehead atoms. The Bertz CT molecular complexity index is 969. The molecule has 1 heterocycles. The van der Waals surface area contributed by atoms with E-state index in [-0.39, 0.29) is 12.1 Å². The number of carboxylic acid groups (broad SMARTS) is 1. The number of nitrogens with one attached hydrogen (secondary N) is 1. The van der Waals surface area contributed by atoms with Gasteiger partial charge in [-0.15, -0.1) is 0 Å². The number of carboxylic acids is 1. The highest BCUT2D eigenvalue weighted by atomic mass is 16.6. The summed E-state index contributed by atoms with van der Waals surface area (Å²) < 4.78 is 11.3. The van der Waals surface area contributed by atoms with E-state index in [2.05, 4.69) is 22.1 Å². The van der Waals surface area contributed by atoms with E-state index in [0.29, 0.717) is 17.9 Å². The van der Waals surface area contributed by atoms with Gasteiger partial charge in [-0.3, -0.25) is 4.98 Å². The molecular weight excluding hydrogens is 396 g/mol. The number of aliphatic carboxylic acids is 1. The summed E-state index contributed by atoms with van der Waals surface area (Å²) in [5.74, 6) is 4.72. The van der Waals surface area contributed by atoms with Gasteiger partial charge >= 0.3 is 11.9 Å². The monoisotopic (exact) mass is 422 g/mol. The van der Waals surface area contributed by atoms with Crippen molar-refractivity contribution in [2.75, 3.05) is 13.2 Å². The van der Waals surface area contributed by atoms with Crippen LogP contribution in [0.5, 0.6) is 5.75 Å². The van der Waals surface area contributed by atoms with Gasteiger partial charge in [0, 0.05) is 42.2 Å². The van der Waals surface area contributed by atoms with Gasteiger partial charge < -0.3 is 19.9 Å².